The number of nitrogens with one attached hydrogen (secondary N) is 3. The number of nitrogens with zero attached hydrogens (tertiary/aromatic N) is 2. The molecule has 0 radical (unpaired) electrons. The molecule has 27 heavy (non-hydrogen) atoms. The minimum Gasteiger partial charge on any atom is -0.467 e. The van der Waals surface area contributed by atoms with Gasteiger partial charge in [-0.05, 0) is 43.7 Å². The second-order valence-corrected chi connectivity index (χ2v) is 6.13. The molecule has 0 unspecified atom stereocenters. The predicted molar refractivity (Wildman–Crippen MR) is 109 cm³/mol. The Labute approximate surface area is 160 Å². The maximum absolute atomic E-state index is 11.9. The molecule has 7 heteroatoms. The smallest absolute Gasteiger partial charge is 0.239 e. The van der Waals surface area contributed by atoms with E-state index in [1.54, 1.807) is 19.4 Å². The van der Waals surface area contributed by atoms with Gasteiger partial charge in [0, 0.05) is 32.4 Å². The van der Waals surface area contributed by atoms with Gasteiger partial charge in [0.2, 0.25) is 5.91 Å². The van der Waals surface area contributed by atoms with Crippen LogP contribution in [0.3, 0.4) is 0 Å². The number of carbonyl (C=O) groups is 1. The first-order valence-electron chi connectivity index (χ1n) is 9.17. The molecule has 0 aliphatic carbocycles. The molecule has 7 nitrogen and oxygen atoms in total. The summed E-state index contributed by atoms with van der Waals surface area (Å²) in [6.07, 6.45) is 1.59. The summed E-state index contributed by atoms with van der Waals surface area (Å²) in [4.78, 5) is 18.3. The van der Waals surface area contributed by atoms with Crippen molar-refractivity contribution >= 4 is 17.6 Å². The van der Waals surface area contributed by atoms with Crippen LogP contribution in [-0.4, -0.2) is 45.1 Å². The molecule has 0 aliphatic heterocycles. The zero-order chi connectivity index (χ0) is 19.5. The minimum atomic E-state index is -0.121. The average Bonchev–Trinajstić information content (AvgIpc) is 3.19. The van der Waals surface area contributed by atoms with Crippen LogP contribution >= 0.6 is 0 Å². The molecule has 2 rings (SSSR count). The van der Waals surface area contributed by atoms with E-state index in [0.717, 1.165) is 25.4 Å². The molecular formula is C20H29N5O2. The standard InChI is InChI=1S/C20H29N5O2/c1-4-25(17-8-5-7-16(2)13-17)11-10-22-20(21-3)24-15-19(26)23-14-18-9-6-12-27-18/h5-9,12-13H,4,10-11,14-15H2,1-3H3,(H,23,26)(H2,21,22,24). The number of guanidine groups is 1. The van der Waals surface area contributed by atoms with Crippen LogP contribution in [0.25, 0.3) is 0 Å². The fourth-order valence-corrected chi connectivity index (χ4v) is 2.65. The van der Waals surface area contributed by atoms with Crippen molar-refractivity contribution in [2.24, 2.45) is 4.99 Å². The van der Waals surface area contributed by atoms with Crippen molar-refractivity contribution in [1.29, 1.82) is 0 Å². The van der Waals surface area contributed by atoms with E-state index in [1.165, 1.54) is 11.3 Å². The number of hydrogen-bond donors (Lipinski definition) is 3. The molecule has 2 aromatic rings. The molecule has 0 saturated heterocycles. The van der Waals surface area contributed by atoms with Gasteiger partial charge in [0.25, 0.3) is 0 Å². The van der Waals surface area contributed by atoms with E-state index in [4.69, 9.17) is 4.42 Å². The Bertz CT molecular complexity index is 728. The predicted octanol–water partition coefficient (Wildman–Crippen LogP) is 1.90. The van der Waals surface area contributed by atoms with E-state index in [1.807, 2.05) is 6.07 Å². The second kappa shape index (κ2) is 10.9. The highest BCUT2D eigenvalue weighted by Crippen LogP contribution is 2.14. The summed E-state index contributed by atoms with van der Waals surface area (Å²) in [5.74, 6) is 1.20. The summed E-state index contributed by atoms with van der Waals surface area (Å²) < 4.78 is 5.18. The maximum Gasteiger partial charge on any atom is 0.239 e. The highest BCUT2D eigenvalue weighted by Gasteiger charge is 2.07. The third kappa shape index (κ3) is 7.05. The zero-order valence-electron chi connectivity index (χ0n) is 16.3. The minimum absolute atomic E-state index is 0.121. The first kappa shape index (κ1) is 20.4. The molecular weight excluding hydrogens is 342 g/mol. The van der Waals surface area contributed by atoms with Crippen molar-refractivity contribution in [3.05, 3.63) is 54.0 Å². The molecule has 1 aromatic heterocycles. The van der Waals surface area contributed by atoms with Gasteiger partial charge in [-0.25, -0.2) is 0 Å². The van der Waals surface area contributed by atoms with Gasteiger partial charge in [-0.1, -0.05) is 12.1 Å². The van der Waals surface area contributed by atoms with Gasteiger partial charge in [-0.15, -0.1) is 0 Å². The fourth-order valence-electron chi connectivity index (χ4n) is 2.65. The Morgan fingerprint density at radius 3 is 2.70 bits per heavy atom. The van der Waals surface area contributed by atoms with Gasteiger partial charge >= 0.3 is 0 Å². The lowest BCUT2D eigenvalue weighted by Gasteiger charge is -2.24. The Kier molecular flexibility index (Phi) is 8.22. The summed E-state index contributed by atoms with van der Waals surface area (Å²) in [6.45, 7) is 7.24. The highest BCUT2D eigenvalue weighted by molar-refractivity contribution is 5.86. The van der Waals surface area contributed by atoms with Crippen LogP contribution < -0.4 is 20.9 Å². The van der Waals surface area contributed by atoms with Crippen molar-refractivity contribution in [3.63, 3.8) is 0 Å². The highest BCUT2D eigenvalue weighted by atomic mass is 16.3. The summed E-state index contributed by atoms with van der Waals surface area (Å²) in [5.41, 5.74) is 2.46. The Morgan fingerprint density at radius 1 is 1.19 bits per heavy atom. The number of hydrogen-bond acceptors (Lipinski definition) is 4. The lowest BCUT2D eigenvalue weighted by molar-refractivity contribution is -0.120. The Hall–Kier alpha value is -2.96. The quantitative estimate of drug-likeness (QED) is 0.463. The number of aliphatic imine (C=N–C) groups is 1. The van der Waals surface area contributed by atoms with Crippen LogP contribution in [0, 0.1) is 6.92 Å². The third-order valence-corrected chi connectivity index (χ3v) is 4.10. The number of aryl methyl sites for hydroxylation is 1. The Morgan fingerprint density at radius 2 is 2.04 bits per heavy atom. The number of carbonyl (C=O) groups excluding carboxylic acids is 1. The molecule has 146 valence electrons. The van der Waals surface area contributed by atoms with Crippen LogP contribution in [-0.2, 0) is 11.3 Å². The first-order chi connectivity index (χ1) is 13.1. The SMILES string of the molecule is CCN(CCNC(=NC)NCC(=O)NCc1ccco1)c1cccc(C)c1. The molecule has 3 N–H and O–H groups in total. The number of benzene rings is 1. The van der Waals surface area contributed by atoms with Crippen LogP contribution in [0.2, 0.25) is 0 Å². The molecule has 0 atom stereocenters. The number of rotatable bonds is 9. The molecule has 0 bridgehead atoms. The lowest BCUT2D eigenvalue weighted by atomic mass is 10.2. The summed E-state index contributed by atoms with van der Waals surface area (Å²) in [5, 5.41) is 9.05. The van der Waals surface area contributed by atoms with Gasteiger partial charge in [0.05, 0.1) is 19.4 Å². The van der Waals surface area contributed by atoms with Crippen molar-refractivity contribution in [2.75, 3.05) is 38.1 Å². The Balaban J connectivity index is 1.70. The summed E-state index contributed by atoms with van der Waals surface area (Å²) in [7, 11) is 1.69. The zero-order valence-corrected chi connectivity index (χ0v) is 16.3. The van der Waals surface area contributed by atoms with Crippen molar-refractivity contribution < 1.29 is 9.21 Å². The van der Waals surface area contributed by atoms with Crippen LogP contribution in [0.15, 0.2) is 52.1 Å². The van der Waals surface area contributed by atoms with E-state index >= 15 is 0 Å². The van der Waals surface area contributed by atoms with Crippen molar-refractivity contribution in [2.45, 2.75) is 20.4 Å². The van der Waals surface area contributed by atoms with E-state index in [0.29, 0.717) is 12.5 Å². The monoisotopic (exact) mass is 371 g/mol. The lowest BCUT2D eigenvalue weighted by Crippen LogP contribution is -2.45. The normalized spacial score (nSPS) is 11.1. The number of anilines is 1. The van der Waals surface area contributed by atoms with Gasteiger partial charge in [-0.3, -0.25) is 9.79 Å². The topological polar surface area (TPSA) is 81.9 Å². The first-order valence-corrected chi connectivity index (χ1v) is 9.17. The molecule has 0 aliphatic rings. The van der Waals surface area contributed by atoms with Gasteiger partial charge in [-0.2, -0.15) is 0 Å². The fraction of sp³-hybridized carbons (Fsp3) is 0.400. The molecule has 0 saturated carbocycles. The summed E-state index contributed by atoms with van der Waals surface area (Å²) >= 11 is 0. The third-order valence-electron chi connectivity index (χ3n) is 4.10. The number of likely N-dealkylation sites (N-methyl/N-ethyl adjacent to an activating group) is 1. The molecule has 1 heterocycles. The van der Waals surface area contributed by atoms with E-state index in [9.17, 15) is 4.79 Å². The molecule has 1 amide bonds. The van der Waals surface area contributed by atoms with Crippen LogP contribution in [0.1, 0.15) is 18.2 Å². The molecule has 1 aromatic carbocycles. The van der Waals surface area contributed by atoms with Crippen molar-refractivity contribution in [3.8, 4) is 0 Å². The number of amides is 1. The van der Waals surface area contributed by atoms with Gasteiger partial charge in [0.15, 0.2) is 5.96 Å². The molecule has 0 fully saturated rings. The van der Waals surface area contributed by atoms with E-state index < -0.39 is 0 Å². The van der Waals surface area contributed by atoms with E-state index in [-0.39, 0.29) is 12.5 Å². The second-order valence-electron chi connectivity index (χ2n) is 6.13. The van der Waals surface area contributed by atoms with Crippen LogP contribution in [0.5, 0.6) is 0 Å². The molecule has 0 spiro atoms. The number of furan rings is 1. The van der Waals surface area contributed by atoms with E-state index in [2.05, 4.69) is 64.0 Å². The largest absolute Gasteiger partial charge is 0.467 e. The van der Waals surface area contributed by atoms with Crippen LogP contribution in [0.4, 0.5) is 5.69 Å². The average molecular weight is 371 g/mol. The summed E-state index contributed by atoms with van der Waals surface area (Å²) in [6, 6.07) is 12.1. The van der Waals surface area contributed by atoms with Gasteiger partial charge < -0.3 is 25.3 Å². The van der Waals surface area contributed by atoms with Gasteiger partial charge in [0.1, 0.15) is 5.76 Å². The van der Waals surface area contributed by atoms with Crippen molar-refractivity contribution in [1.82, 2.24) is 16.0 Å². The maximum atomic E-state index is 11.9.